The highest BCUT2D eigenvalue weighted by Gasteiger charge is 2.22. The average Bonchev–Trinajstić information content (AvgIpc) is 3.05. The summed E-state index contributed by atoms with van der Waals surface area (Å²) in [4.78, 5) is 0. The van der Waals surface area contributed by atoms with E-state index in [9.17, 15) is 0 Å². The van der Waals surface area contributed by atoms with Gasteiger partial charge >= 0.3 is 0 Å². The van der Waals surface area contributed by atoms with E-state index in [-0.39, 0.29) is 6.04 Å². The molecule has 0 radical (unpaired) electrons. The third-order valence-electron chi connectivity index (χ3n) is 2.64. The van der Waals surface area contributed by atoms with Crippen LogP contribution >= 0.6 is 11.6 Å². The first-order valence-corrected chi connectivity index (χ1v) is 5.56. The highest BCUT2D eigenvalue weighted by molar-refractivity contribution is 6.30. The molecule has 1 unspecified atom stereocenters. The zero-order chi connectivity index (χ0) is 10.7. The van der Waals surface area contributed by atoms with Crippen molar-refractivity contribution in [3.05, 3.63) is 34.9 Å². The van der Waals surface area contributed by atoms with E-state index >= 15 is 0 Å². The lowest BCUT2D eigenvalue weighted by atomic mass is 10.1. The van der Waals surface area contributed by atoms with Gasteiger partial charge in [0.2, 0.25) is 0 Å². The van der Waals surface area contributed by atoms with Crippen molar-refractivity contribution < 1.29 is 0 Å². The predicted octanol–water partition coefficient (Wildman–Crippen LogP) is 2.90. The van der Waals surface area contributed by atoms with Crippen molar-refractivity contribution in [1.29, 1.82) is 5.26 Å². The Morgan fingerprint density at radius 3 is 2.60 bits per heavy atom. The van der Waals surface area contributed by atoms with Gasteiger partial charge in [0, 0.05) is 5.02 Å². The molecule has 1 aromatic carbocycles. The largest absolute Gasteiger partial charge is 0.298 e. The van der Waals surface area contributed by atoms with Crippen LogP contribution in [0, 0.1) is 17.2 Å². The van der Waals surface area contributed by atoms with Crippen LogP contribution in [0.1, 0.15) is 24.4 Å². The third-order valence-corrected chi connectivity index (χ3v) is 2.89. The normalized spacial score (nSPS) is 17.1. The van der Waals surface area contributed by atoms with Crippen LogP contribution in [0.2, 0.25) is 5.02 Å². The molecule has 2 rings (SSSR count). The Balaban J connectivity index is 1.98. The molecule has 1 aliphatic carbocycles. The summed E-state index contributed by atoms with van der Waals surface area (Å²) in [6.07, 6.45) is 2.59. The zero-order valence-electron chi connectivity index (χ0n) is 8.41. The lowest BCUT2D eigenvalue weighted by Gasteiger charge is -2.11. The Morgan fingerprint density at radius 2 is 2.07 bits per heavy atom. The van der Waals surface area contributed by atoms with Gasteiger partial charge in [0.25, 0.3) is 0 Å². The number of benzene rings is 1. The van der Waals surface area contributed by atoms with E-state index in [2.05, 4.69) is 11.4 Å². The lowest BCUT2D eigenvalue weighted by Crippen LogP contribution is -2.22. The molecular formula is C12H13ClN2. The molecule has 1 N–H and O–H groups in total. The van der Waals surface area contributed by atoms with E-state index < -0.39 is 0 Å². The highest BCUT2D eigenvalue weighted by Crippen LogP contribution is 2.28. The molecule has 0 bridgehead atoms. The van der Waals surface area contributed by atoms with Gasteiger partial charge in [-0.15, -0.1) is 0 Å². The molecule has 2 nitrogen and oxygen atoms in total. The predicted molar refractivity (Wildman–Crippen MR) is 60.5 cm³/mol. The third kappa shape index (κ3) is 2.95. The summed E-state index contributed by atoms with van der Waals surface area (Å²) < 4.78 is 0. The first-order chi connectivity index (χ1) is 7.29. The standard InChI is InChI=1S/C12H13ClN2/c13-11-5-3-10(4-6-11)12(7-14)15-8-9-1-2-9/h3-6,9,12,15H,1-2,8H2. The molecule has 0 saturated heterocycles. The van der Waals surface area contributed by atoms with Crippen LogP contribution < -0.4 is 5.32 Å². The Hall–Kier alpha value is -1.04. The maximum Gasteiger partial charge on any atom is 0.121 e. The first-order valence-electron chi connectivity index (χ1n) is 5.18. The van der Waals surface area contributed by atoms with E-state index in [1.807, 2.05) is 24.3 Å². The van der Waals surface area contributed by atoms with Crippen LogP contribution in [-0.2, 0) is 0 Å². The quantitative estimate of drug-likeness (QED) is 0.847. The van der Waals surface area contributed by atoms with Crippen LogP contribution in [-0.4, -0.2) is 6.54 Å². The molecule has 0 aromatic heterocycles. The van der Waals surface area contributed by atoms with Crippen molar-refractivity contribution in [3.8, 4) is 6.07 Å². The molecule has 15 heavy (non-hydrogen) atoms. The molecule has 0 spiro atoms. The van der Waals surface area contributed by atoms with Gasteiger partial charge in [-0.2, -0.15) is 5.26 Å². The average molecular weight is 221 g/mol. The monoisotopic (exact) mass is 220 g/mol. The fourth-order valence-corrected chi connectivity index (χ4v) is 1.63. The Labute approximate surface area is 94.9 Å². The van der Waals surface area contributed by atoms with Gasteiger partial charge < -0.3 is 0 Å². The van der Waals surface area contributed by atoms with Gasteiger partial charge in [-0.3, -0.25) is 5.32 Å². The number of hydrogen-bond donors (Lipinski definition) is 1. The topological polar surface area (TPSA) is 35.8 Å². The van der Waals surface area contributed by atoms with E-state index in [4.69, 9.17) is 16.9 Å². The molecule has 78 valence electrons. The van der Waals surface area contributed by atoms with Crippen molar-refractivity contribution in [2.24, 2.45) is 5.92 Å². The van der Waals surface area contributed by atoms with Gasteiger partial charge in [-0.1, -0.05) is 23.7 Å². The molecule has 1 atom stereocenters. The van der Waals surface area contributed by atoms with Crippen molar-refractivity contribution in [2.75, 3.05) is 6.54 Å². The molecule has 3 heteroatoms. The number of nitrogens with zero attached hydrogens (tertiary/aromatic N) is 1. The summed E-state index contributed by atoms with van der Waals surface area (Å²) in [6, 6.07) is 9.50. The van der Waals surface area contributed by atoms with Crippen LogP contribution in [0.5, 0.6) is 0 Å². The first kappa shape index (κ1) is 10.5. The molecule has 1 fully saturated rings. The van der Waals surface area contributed by atoms with Gasteiger partial charge in [-0.25, -0.2) is 0 Å². The Bertz CT molecular complexity index is 362. The summed E-state index contributed by atoms with van der Waals surface area (Å²) in [5.74, 6) is 0.785. The lowest BCUT2D eigenvalue weighted by molar-refractivity contribution is 0.593. The maximum atomic E-state index is 9.04. The van der Waals surface area contributed by atoms with Crippen molar-refractivity contribution in [1.82, 2.24) is 5.32 Å². The van der Waals surface area contributed by atoms with Gasteiger partial charge in [0.05, 0.1) is 6.07 Å². The molecule has 0 amide bonds. The van der Waals surface area contributed by atoms with Crippen LogP contribution in [0.15, 0.2) is 24.3 Å². The second-order valence-corrected chi connectivity index (χ2v) is 4.40. The molecule has 1 aromatic rings. The number of rotatable bonds is 4. The van der Waals surface area contributed by atoms with Crippen molar-refractivity contribution >= 4 is 11.6 Å². The molecule has 1 saturated carbocycles. The zero-order valence-corrected chi connectivity index (χ0v) is 9.17. The molecule has 0 heterocycles. The smallest absolute Gasteiger partial charge is 0.121 e. The highest BCUT2D eigenvalue weighted by atomic mass is 35.5. The fourth-order valence-electron chi connectivity index (χ4n) is 1.50. The number of halogens is 1. The summed E-state index contributed by atoms with van der Waals surface area (Å²) in [5, 5.41) is 13.0. The summed E-state index contributed by atoms with van der Waals surface area (Å²) in [7, 11) is 0. The molecule has 1 aliphatic rings. The van der Waals surface area contributed by atoms with E-state index in [1.54, 1.807) is 0 Å². The number of nitriles is 1. The molecule has 0 aliphatic heterocycles. The fraction of sp³-hybridized carbons (Fsp3) is 0.417. The van der Waals surface area contributed by atoms with Gasteiger partial charge in [-0.05, 0) is 43.0 Å². The van der Waals surface area contributed by atoms with Crippen LogP contribution in [0.3, 0.4) is 0 Å². The number of nitrogens with one attached hydrogen (secondary N) is 1. The second kappa shape index (κ2) is 4.65. The van der Waals surface area contributed by atoms with E-state index in [1.165, 1.54) is 12.8 Å². The minimum atomic E-state index is -0.206. The summed E-state index contributed by atoms with van der Waals surface area (Å²) in [6.45, 7) is 0.945. The van der Waals surface area contributed by atoms with Crippen molar-refractivity contribution in [2.45, 2.75) is 18.9 Å². The minimum absolute atomic E-state index is 0.206. The van der Waals surface area contributed by atoms with E-state index in [0.29, 0.717) is 5.02 Å². The van der Waals surface area contributed by atoms with Crippen molar-refractivity contribution in [3.63, 3.8) is 0 Å². The number of hydrogen-bond acceptors (Lipinski definition) is 2. The molecular weight excluding hydrogens is 208 g/mol. The minimum Gasteiger partial charge on any atom is -0.298 e. The van der Waals surface area contributed by atoms with Gasteiger partial charge in [0.15, 0.2) is 0 Å². The van der Waals surface area contributed by atoms with Crippen LogP contribution in [0.25, 0.3) is 0 Å². The SMILES string of the molecule is N#CC(NCC1CC1)c1ccc(Cl)cc1. The van der Waals surface area contributed by atoms with Gasteiger partial charge in [0.1, 0.15) is 6.04 Å². The Kier molecular flexibility index (Phi) is 3.25. The maximum absolute atomic E-state index is 9.04. The van der Waals surface area contributed by atoms with Crippen LogP contribution in [0.4, 0.5) is 0 Å². The summed E-state index contributed by atoms with van der Waals surface area (Å²) >= 11 is 5.79. The summed E-state index contributed by atoms with van der Waals surface area (Å²) in [5.41, 5.74) is 0.988. The van der Waals surface area contributed by atoms with E-state index in [0.717, 1.165) is 18.0 Å². The Morgan fingerprint density at radius 1 is 1.40 bits per heavy atom. The second-order valence-electron chi connectivity index (χ2n) is 3.97.